The van der Waals surface area contributed by atoms with Crippen LogP contribution in [0.3, 0.4) is 0 Å². The molecule has 2 aliphatic carbocycles. The predicted molar refractivity (Wildman–Crippen MR) is 71.5 cm³/mol. The molecule has 2 saturated carbocycles. The molecule has 2 fully saturated rings. The van der Waals surface area contributed by atoms with Gasteiger partial charge < -0.3 is 5.32 Å². The Balaban J connectivity index is 1.73. The van der Waals surface area contributed by atoms with Crippen molar-refractivity contribution < 1.29 is 13.6 Å². The van der Waals surface area contributed by atoms with Crippen molar-refractivity contribution in [2.75, 3.05) is 12.4 Å². The first-order valence-corrected chi connectivity index (χ1v) is 7.77. The summed E-state index contributed by atoms with van der Waals surface area (Å²) in [6.45, 7) is 0.656. The first-order valence-electron chi connectivity index (χ1n) is 7.23. The number of halogens is 3. The van der Waals surface area contributed by atoms with Crippen molar-refractivity contribution in [1.82, 2.24) is 5.32 Å². The Morgan fingerprint density at radius 2 is 1.79 bits per heavy atom. The Morgan fingerprint density at radius 1 is 1.16 bits per heavy atom. The third-order valence-electron chi connectivity index (χ3n) is 4.64. The molecular formula is C14H22ClF2NO. The van der Waals surface area contributed by atoms with Gasteiger partial charge in [-0.3, -0.25) is 4.79 Å². The van der Waals surface area contributed by atoms with E-state index in [2.05, 4.69) is 5.32 Å². The number of carbonyl (C=O) groups excluding carboxylic acids is 1. The lowest BCUT2D eigenvalue weighted by atomic mass is 9.86. The van der Waals surface area contributed by atoms with Gasteiger partial charge in [0.2, 0.25) is 11.8 Å². The lowest BCUT2D eigenvalue weighted by molar-refractivity contribution is -0.129. The highest BCUT2D eigenvalue weighted by atomic mass is 35.5. The average molecular weight is 294 g/mol. The standard InChI is InChI=1S/C14H22ClF2NO/c15-8-11-2-1-3-12(11)9-18-13(19)10-4-6-14(16,17)7-5-10/h10-12H,1-9H2,(H,18,19). The number of carbonyl (C=O) groups is 1. The Labute approximate surface area is 118 Å². The van der Waals surface area contributed by atoms with Crippen LogP contribution in [0.15, 0.2) is 0 Å². The molecule has 0 aliphatic heterocycles. The lowest BCUT2D eigenvalue weighted by Crippen LogP contribution is -2.38. The molecular weight excluding hydrogens is 272 g/mol. The van der Waals surface area contributed by atoms with Crippen LogP contribution >= 0.6 is 11.6 Å². The summed E-state index contributed by atoms with van der Waals surface area (Å²) in [5.41, 5.74) is 0. The van der Waals surface area contributed by atoms with E-state index in [9.17, 15) is 13.6 Å². The SMILES string of the molecule is O=C(NCC1CCCC1CCl)C1CCC(F)(F)CC1. The van der Waals surface area contributed by atoms with E-state index in [4.69, 9.17) is 11.6 Å². The molecule has 2 nitrogen and oxygen atoms in total. The zero-order valence-corrected chi connectivity index (χ0v) is 11.9. The number of alkyl halides is 3. The molecule has 0 spiro atoms. The van der Waals surface area contributed by atoms with Crippen molar-refractivity contribution in [3.63, 3.8) is 0 Å². The molecule has 0 aromatic carbocycles. The molecule has 2 unspecified atom stereocenters. The minimum atomic E-state index is -2.56. The smallest absolute Gasteiger partial charge is 0.248 e. The monoisotopic (exact) mass is 293 g/mol. The largest absolute Gasteiger partial charge is 0.356 e. The van der Waals surface area contributed by atoms with Crippen molar-refractivity contribution in [3.05, 3.63) is 0 Å². The van der Waals surface area contributed by atoms with E-state index < -0.39 is 5.92 Å². The Kier molecular flexibility index (Phi) is 5.04. The molecule has 0 aromatic heterocycles. The van der Waals surface area contributed by atoms with Crippen LogP contribution in [0, 0.1) is 17.8 Å². The zero-order valence-electron chi connectivity index (χ0n) is 11.1. The summed E-state index contributed by atoms with van der Waals surface area (Å²) in [5.74, 6) is -1.22. The van der Waals surface area contributed by atoms with Crippen molar-refractivity contribution in [3.8, 4) is 0 Å². The van der Waals surface area contributed by atoms with Crippen molar-refractivity contribution in [2.24, 2.45) is 17.8 Å². The molecule has 0 saturated heterocycles. The van der Waals surface area contributed by atoms with Gasteiger partial charge in [0, 0.05) is 31.2 Å². The Hall–Kier alpha value is -0.380. The second-order valence-electron chi connectivity index (χ2n) is 5.98. The van der Waals surface area contributed by atoms with E-state index in [1.54, 1.807) is 0 Å². The number of nitrogens with one attached hydrogen (secondary N) is 1. The van der Waals surface area contributed by atoms with Crippen LogP contribution in [0.2, 0.25) is 0 Å². The minimum Gasteiger partial charge on any atom is -0.356 e. The van der Waals surface area contributed by atoms with Crippen LogP contribution in [-0.4, -0.2) is 24.3 Å². The van der Waals surface area contributed by atoms with Gasteiger partial charge in [0.25, 0.3) is 0 Å². The highest BCUT2D eigenvalue weighted by Gasteiger charge is 2.37. The van der Waals surface area contributed by atoms with Gasteiger partial charge in [0.15, 0.2) is 0 Å². The molecule has 0 aromatic rings. The summed E-state index contributed by atoms with van der Waals surface area (Å²) in [6.07, 6.45) is 3.73. The summed E-state index contributed by atoms with van der Waals surface area (Å²) >= 11 is 5.90. The number of hydrogen-bond acceptors (Lipinski definition) is 1. The van der Waals surface area contributed by atoms with Gasteiger partial charge in [-0.2, -0.15) is 0 Å². The van der Waals surface area contributed by atoms with Crippen LogP contribution < -0.4 is 5.32 Å². The van der Waals surface area contributed by atoms with E-state index in [0.29, 0.717) is 37.1 Å². The van der Waals surface area contributed by atoms with E-state index >= 15 is 0 Å². The van der Waals surface area contributed by atoms with Crippen LogP contribution in [0.25, 0.3) is 0 Å². The molecule has 2 atom stereocenters. The van der Waals surface area contributed by atoms with Gasteiger partial charge in [0.1, 0.15) is 0 Å². The van der Waals surface area contributed by atoms with Crippen molar-refractivity contribution in [2.45, 2.75) is 50.9 Å². The molecule has 0 radical (unpaired) electrons. The number of rotatable bonds is 4. The molecule has 0 bridgehead atoms. The van der Waals surface area contributed by atoms with Gasteiger partial charge in [-0.05, 0) is 37.5 Å². The lowest BCUT2D eigenvalue weighted by Gasteiger charge is -2.28. The van der Waals surface area contributed by atoms with E-state index in [0.717, 1.165) is 12.8 Å². The summed E-state index contributed by atoms with van der Waals surface area (Å²) in [4.78, 5) is 12.0. The fourth-order valence-electron chi connectivity index (χ4n) is 3.26. The fraction of sp³-hybridized carbons (Fsp3) is 0.929. The highest BCUT2D eigenvalue weighted by molar-refractivity contribution is 6.18. The molecule has 0 heterocycles. The summed E-state index contributed by atoms with van der Waals surface area (Å²) in [7, 11) is 0. The second-order valence-corrected chi connectivity index (χ2v) is 6.29. The summed E-state index contributed by atoms with van der Waals surface area (Å²) in [6, 6.07) is 0. The van der Waals surface area contributed by atoms with Crippen LogP contribution in [0.5, 0.6) is 0 Å². The average Bonchev–Trinajstić information content (AvgIpc) is 2.83. The van der Waals surface area contributed by atoms with Crippen LogP contribution in [-0.2, 0) is 4.79 Å². The highest BCUT2D eigenvalue weighted by Crippen LogP contribution is 2.36. The molecule has 5 heteroatoms. The molecule has 1 N–H and O–H groups in total. The van der Waals surface area contributed by atoms with Crippen LogP contribution in [0.1, 0.15) is 44.9 Å². The van der Waals surface area contributed by atoms with E-state index in [-0.39, 0.29) is 24.7 Å². The number of hydrogen-bond donors (Lipinski definition) is 1. The normalized spacial score (nSPS) is 31.3. The van der Waals surface area contributed by atoms with Gasteiger partial charge in [-0.25, -0.2) is 8.78 Å². The molecule has 110 valence electrons. The zero-order chi connectivity index (χ0) is 13.9. The predicted octanol–water partition coefficient (Wildman–Crippen LogP) is 3.58. The maximum absolute atomic E-state index is 13.0. The topological polar surface area (TPSA) is 29.1 Å². The number of amides is 1. The fourth-order valence-corrected chi connectivity index (χ4v) is 3.67. The van der Waals surface area contributed by atoms with Crippen molar-refractivity contribution >= 4 is 17.5 Å². The third kappa shape index (κ3) is 4.04. The molecule has 2 aliphatic rings. The minimum absolute atomic E-state index is 0.0456. The van der Waals surface area contributed by atoms with E-state index in [1.807, 2.05) is 0 Å². The van der Waals surface area contributed by atoms with Crippen molar-refractivity contribution in [1.29, 1.82) is 0 Å². The summed E-state index contributed by atoms with van der Waals surface area (Å²) in [5, 5.41) is 2.94. The van der Waals surface area contributed by atoms with E-state index in [1.165, 1.54) is 6.42 Å². The van der Waals surface area contributed by atoms with Crippen LogP contribution in [0.4, 0.5) is 8.78 Å². The van der Waals surface area contributed by atoms with Gasteiger partial charge in [-0.15, -0.1) is 11.6 Å². The quantitative estimate of drug-likeness (QED) is 0.789. The molecule has 1 amide bonds. The third-order valence-corrected chi connectivity index (χ3v) is 5.04. The second kappa shape index (κ2) is 6.38. The Bertz CT molecular complexity index is 315. The maximum atomic E-state index is 13.0. The first-order chi connectivity index (χ1) is 9.02. The van der Waals surface area contributed by atoms with Gasteiger partial charge in [0.05, 0.1) is 0 Å². The summed E-state index contributed by atoms with van der Waals surface area (Å²) < 4.78 is 26.0. The van der Waals surface area contributed by atoms with Gasteiger partial charge in [-0.1, -0.05) is 6.42 Å². The Morgan fingerprint density at radius 3 is 2.42 bits per heavy atom. The van der Waals surface area contributed by atoms with Gasteiger partial charge >= 0.3 is 0 Å². The first kappa shape index (κ1) is 15.0. The molecule has 2 rings (SSSR count). The molecule has 19 heavy (non-hydrogen) atoms. The maximum Gasteiger partial charge on any atom is 0.248 e.